The summed E-state index contributed by atoms with van der Waals surface area (Å²) in [5.41, 5.74) is 1.01. The molecule has 0 fully saturated rings. The lowest BCUT2D eigenvalue weighted by molar-refractivity contribution is -0.384. The number of amides is 2. The molecule has 176 valence electrons. The van der Waals surface area contributed by atoms with Crippen LogP contribution in [0, 0.1) is 23.0 Å². The number of hydrogen-bond acceptors (Lipinski definition) is 7. The smallest absolute Gasteiger partial charge is 0.329 e. The molecule has 0 aliphatic carbocycles. The van der Waals surface area contributed by atoms with E-state index in [1.165, 1.54) is 26.2 Å². The van der Waals surface area contributed by atoms with Crippen molar-refractivity contribution in [2.75, 3.05) is 12.4 Å². The van der Waals surface area contributed by atoms with E-state index in [0.717, 1.165) is 11.6 Å². The standard InChI is InChI=1S/C23H27N3O7/c1-13(2)20(25-22(28)17-9-7-6-8-14(17)3)23(29)33-15(4)21(27)24-18-12-16(26(30)31)10-11-19(18)32-5/h6-13,15,20H,1-5H3,(H,24,27)(H,25,28)/t15?,20-/m0/s1. The Hall–Kier alpha value is -3.95. The first kappa shape index (κ1) is 25.3. The number of nitrogens with one attached hydrogen (secondary N) is 2. The van der Waals surface area contributed by atoms with Crippen LogP contribution in [-0.2, 0) is 14.3 Å². The lowest BCUT2D eigenvalue weighted by Gasteiger charge is -2.23. The molecule has 2 aromatic carbocycles. The molecule has 1 unspecified atom stereocenters. The van der Waals surface area contributed by atoms with E-state index in [0.29, 0.717) is 5.56 Å². The van der Waals surface area contributed by atoms with E-state index in [4.69, 9.17) is 9.47 Å². The highest BCUT2D eigenvalue weighted by Gasteiger charge is 2.30. The molecule has 2 N–H and O–H groups in total. The number of hydrogen-bond donors (Lipinski definition) is 2. The molecule has 0 bridgehead atoms. The van der Waals surface area contributed by atoms with E-state index < -0.39 is 34.9 Å². The fourth-order valence-electron chi connectivity index (χ4n) is 2.99. The fourth-order valence-corrected chi connectivity index (χ4v) is 2.99. The third kappa shape index (κ3) is 6.52. The number of aryl methyl sites for hydroxylation is 1. The predicted molar refractivity (Wildman–Crippen MR) is 121 cm³/mol. The lowest BCUT2D eigenvalue weighted by Crippen LogP contribution is -2.47. The summed E-state index contributed by atoms with van der Waals surface area (Å²) in [4.78, 5) is 48.4. The average Bonchev–Trinajstić information content (AvgIpc) is 2.76. The van der Waals surface area contributed by atoms with Crippen LogP contribution in [0.1, 0.15) is 36.7 Å². The van der Waals surface area contributed by atoms with Crippen LogP contribution in [-0.4, -0.2) is 42.0 Å². The fraction of sp³-hybridized carbons (Fsp3) is 0.348. The van der Waals surface area contributed by atoms with Crippen LogP contribution in [0.25, 0.3) is 0 Å². The second kappa shape index (κ2) is 11.1. The molecule has 0 aromatic heterocycles. The topological polar surface area (TPSA) is 137 Å². The van der Waals surface area contributed by atoms with Gasteiger partial charge in [-0.15, -0.1) is 0 Å². The number of nitrogens with zero attached hydrogens (tertiary/aromatic N) is 1. The van der Waals surface area contributed by atoms with Crippen molar-refractivity contribution < 1.29 is 28.8 Å². The minimum absolute atomic E-state index is 0.0628. The first-order valence-electron chi connectivity index (χ1n) is 10.3. The summed E-state index contributed by atoms with van der Waals surface area (Å²) in [5.74, 6) is -2.02. The number of rotatable bonds is 9. The maximum absolute atomic E-state index is 12.7. The first-order chi connectivity index (χ1) is 15.5. The summed E-state index contributed by atoms with van der Waals surface area (Å²) >= 11 is 0. The van der Waals surface area contributed by atoms with Crippen LogP contribution in [0.15, 0.2) is 42.5 Å². The van der Waals surface area contributed by atoms with Crippen molar-refractivity contribution >= 4 is 29.2 Å². The van der Waals surface area contributed by atoms with Crippen molar-refractivity contribution in [3.05, 3.63) is 63.7 Å². The SMILES string of the molecule is COc1ccc([N+](=O)[O-])cc1NC(=O)C(C)OC(=O)[C@@H](NC(=O)c1ccccc1C)C(C)C. The average molecular weight is 457 g/mol. The van der Waals surface area contributed by atoms with Crippen LogP contribution in [0.3, 0.4) is 0 Å². The van der Waals surface area contributed by atoms with Gasteiger partial charge in [0.25, 0.3) is 17.5 Å². The number of nitro benzene ring substituents is 1. The minimum Gasteiger partial charge on any atom is -0.495 e. The molecule has 10 heteroatoms. The molecule has 2 aromatic rings. The zero-order valence-corrected chi connectivity index (χ0v) is 19.1. The number of carbonyl (C=O) groups is 3. The minimum atomic E-state index is -1.24. The molecule has 0 radical (unpaired) electrons. The molecule has 2 atom stereocenters. The number of esters is 1. The molecule has 0 saturated carbocycles. The number of ether oxygens (including phenoxy) is 2. The highest BCUT2D eigenvalue weighted by atomic mass is 16.6. The molecule has 10 nitrogen and oxygen atoms in total. The molecule has 0 aliphatic heterocycles. The van der Waals surface area contributed by atoms with Gasteiger partial charge in [-0.05, 0) is 37.5 Å². The number of non-ortho nitro benzene ring substituents is 1. The molecule has 0 aliphatic rings. The van der Waals surface area contributed by atoms with E-state index in [-0.39, 0.29) is 23.0 Å². The Balaban J connectivity index is 2.10. The predicted octanol–water partition coefficient (Wildman–Crippen LogP) is 3.24. The first-order valence-corrected chi connectivity index (χ1v) is 10.3. The van der Waals surface area contributed by atoms with E-state index in [1.807, 2.05) is 0 Å². The Morgan fingerprint density at radius 2 is 1.73 bits per heavy atom. The summed E-state index contributed by atoms with van der Waals surface area (Å²) < 4.78 is 10.4. The quantitative estimate of drug-likeness (QED) is 0.335. The molecular formula is C23H27N3O7. The van der Waals surface area contributed by atoms with Crippen molar-refractivity contribution in [3.63, 3.8) is 0 Å². The van der Waals surface area contributed by atoms with Gasteiger partial charge >= 0.3 is 5.97 Å². The number of carbonyl (C=O) groups excluding carboxylic acids is 3. The van der Waals surface area contributed by atoms with E-state index in [1.54, 1.807) is 45.0 Å². The highest BCUT2D eigenvalue weighted by Crippen LogP contribution is 2.29. The summed E-state index contributed by atoms with van der Waals surface area (Å²) in [6, 6.07) is 9.70. The van der Waals surface area contributed by atoms with Crippen molar-refractivity contribution in [2.45, 2.75) is 39.8 Å². The molecule has 33 heavy (non-hydrogen) atoms. The number of benzene rings is 2. The van der Waals surface area contributed by atoms with E-state index in [2.05, 4.69) is 10.6 Å². The highest BCUT2D eigenvalue weighted by molar-refractivity contribution is 5.99. The van der Waals surface area contributed by atoms with Gasteiger partial charge in [-0.1, -0.05) is 32.0 Å². The van der Waals surface area contributed by atoms with E-state index >= 15 is 0 Å². The van der Waals surface area contributed by atoms with Crippen molar-refractivity contribution in [1.82, 2.24) is 5.32 Å². The Morgan fingerprint density at radius 1 is 1.06 bits per heavy atom. The zero-order valence-electron chi connectivity index (χ0n) is 19.1. The van der Waals surface area contributed by atoms with Crippen LogP contribution >= 0.6 is 0 Å². The maximum Gasteiger partial charge on any atom is 0.329 e. The molecule has 0 spiro atoms. The van der Waals surface area contributed by atoms with Gasteiger partial charge in [0.2, 0.25) is 0 Å². The van der Waals surface area contributed by atoms with Crippen LogP contribution in [0.5, 0.6) is 5.75 Å². The van der Waals surface area contributed by atoms with Gasteiger partial charge in [-0.25, -0.2) is 4.79 Å². The second-order valence-corrected chi connectivity index (χ2v) is 7.72. The Bertz CT molecular complexity index is 1050. The zero-order chi connectivity index (χ0) is 24.7. The third-order valence-electron chi connectivity index (χ3n) is 4.91. The largest absolute Gasteiger partial charge is 0.495 e. The van der Waals surface area contributed by atoms with Crippen LogP contribution in [0.4, 0.5) is 11.4 Å². The van der Waals surface area contributed by atoms with Crippen molar-refractivity contribution in [1.29, 1.82) is 0 Å². The van der Waals surface area contributed by atoms with Gasteiger partial charge in [-0.2, -0.15) is 0 Å². The summed E-state index contributed by atoms with van der Waals surface area (Å²) in [7, 11) is 1.35. The number of anilines is 1. The molecule has 0 heterocycles. The van der Waals surface area contributed by atoms with E-state index in [9.17, 15) is 24.5 Å². The molecule has 2 rings (SSSR count). The number of nitro groups is 1. The van der Waals surface area contributed by atoms with Gasteiger partial charge in [0.05, 0.1) is 17.7 Å². The van der Waals surface area contributed by atoms with Gasteiger partial charge in [0.1, 0.15) is 11.8 Å². The Labute approximate surface area is 191 Å². The molecule has 2 amide bonds. The van der Waals surface area contributed by atoms with Crippen LogP contribution < -0.4 is 15.4 Å². The number of methoxy groups -OCH3 is 1. The second-order valence-electron chi connectivity index (χ2n) is 7.72. The normalized spacial score (nSPS) is 12.4. The summed E-state index contributed by atoms with van der Waals surface area (Å²) in [6.45, 7) is 6.62. The Morgan fingerprint density at radius 3 is 2.30 bits per heavy atom. The van der Waals surface area contributed by atoms with Crippen molar-refractivity contribution in [3.8, 4) is 5.75 Å². The van der Waals surface area contributed by atoms with Gasteiger partial charge in [0, 0.05) is 17.7 Å². The summed E-state index contributed by atoms with van der Waals surface area (Å²) in [6.07, 6.45) is -1.24. The third-order valence-corrected chi connectivity index (χ3v) is 4.91. The monoisotopic (exact) mass is 457 g/mol. The van der Waals surface area contributed by atoms with Gasteiger partial charge in [-0.3, -0.25) is 19.7 Å². The van der Waals surface area contributed by atoms with Gasteiger partial charge < -0.3 is 20.1 Å². The maximum atomic E-state index is 12.7. The Kier molecular flexibility index (Phi) is 8.49. The summed E-state index contributed by atoms with van der Waals surface area (Å²) in [5, 5.41) is 16.2. The lowest BCUT2D eigenvalue weighted by atomic mass is 10.0. The molecular weight excluding hydrogens is 430 g/mol. The van der Waals surface area contributed by atoms with Gasteiger partial charge in [0.15, 0.2) is 6.10 Å². The molecule has 0 saturated heterocycles. The van der Waals surface area contributed by atoms with Crippen molar-refractivity contribution in [2.24, 2.45) is 5.92 Å². The van der Waals surface area contributed by atoms with Crippen LogP contribution in [0.2, 0.25) is 0 Å².